The van der Waals surface area contributed by atoms with E-state index in [2.05, 4.69) is 17.2 Å². The number of rotatable bonds is 4. The molecule has 3 rings (SSSR count). The number of pyridine rings is 1. The van der Waals surface area contributed by atoms with Crippen LogP contribution in [0.2, 0.25) is 5.02 Å². The summed E-state index contributed by atoms with van der Waals surface area (Å²) in [7, 11) is 0. The predicted molar refractivity (Wildman–Crippen MR) is 103 cm³/mol. The third kappa shape index (κ3) is 4.22. The summed E-state index contributed by atoms with van der Waals surface area (Å²) in [6.07, 6.45) is 7.15. The second kappa shape index (κ2) is 8.32. The molecule has 0 saturated carbocycles. The molecule has 0 aliphatic carbocycles. The SMILES string of the molecule is CCC1CCCCN1C(=O)c1cncc(C(=O)Nc2ccc(Cl)cc2)c1. The molecule has 5 nitrogen and oxygen atoms in total. The van der Waals surface area contributed by atoms with E-state index in [0.717, 1.165) is 32.2 Å². The molecule has 1 saturated heterocycles. The largest absolute Gasteiger partial charge is 0.336 e. The van der Waals surface area contributed by atoms with Crippen LogP contribution in [-0.2, 0) is 0 Å². The van der Waals surface area contributed by atoms with Crippen molar-refractivity contribution in [3.8, 4) is 0 Å². The van der Waals surface area contributed by atoms with Gasteiger partial charge in [-0.05, 0) is 56.0 Å². The molecule has 2 aromatic rings. The summed E-state index contributed by atoms with van der Waals surface area (Å²) in [6, 6.07) is 8.74. The van der Waals surface area contributed by atoms with Crippen molar-refractivity contribution < 1.29 is 9.59 Å². The number of carbonyl (C=O) groups is 2. The summed E-state index contributed by atoms with van der Waals surface area (Å²) in [5, 5.41) is 3.39. The lowest BCUT2D eigenvalue weighted by Gasteiger charge is -2.35. The smallest absolute Gasteiger partial charge is 0.257 e. The Balaban J connectivity index is 1.75. The summed E-state index contributed by atoms with van der Waals surface area (Å²) >= 11 is 5.85. The van der Waals surface area contributed by atoms with Gasteiger partial charge in [-0.2, -0.15) is 0 Å². The van der Waals surface area contributed by atoms with Gasteiger partial charge in [-0.15, -0.1) is 0 Å². The minimum atomic E-state index is -0.305. The molecule has 2 amide bonds. The van der Waals surface area contributed by atoms with Crippen LogP contribution < -0.4 is 5.32 Å². The number of hydrogen-bond acceptors (Lipinski definition) is 3. The van der Waals surface area contributed by atoms with Gasteiger partial charge in [0.2, 0.25) is 0 Å². The average molecular weight is 372 g/mol. The van der Waals surface area contributed by atoms with Crippen molar-refractivity contribution in [2.75, 3.05) is 11.9 Å². The molecule has 1 aromatic heterocycles. The number of aromatic nitrogens is 1. The zero-order valence-corrected chi connectivity index (χ0v) is 15.5. The second-order valence-corrected chi connectivity index (χ2v) is 6.92. The topological polar surface area (TPSA) is 62.3 Å². The molecule has 1 aromatic carbocycles. The first-order valence-electron chi connectivity index (χ1n) is 8.91. The highest BCUT2D eigenvalue weighted by molar-refractivity contribution is 6.30. The van der Waals surface area contributed by atoms with E-state index in [1.165, 1.54) is 12.4 Å². The van der Waals surface area contributed by atoms with Crippen molar-refractivity contribution in [1.29, 1.82) is 0 Å². The van der Waals surface area contributed by atoms with Gasteiger partial charge in [-0.25, -0.2) is 0 Å². The quantitative estimate of drug-likeness (QED) is 0.866. The monoisotopic (exact) mass is 371 g/mol. The molecule has 1 fully saturated rings. The van der Waals surface area contributed by atoms with E-state index in [1.54, 1.807) is 30.3 Å². The highest BCUT2D eigenvalue weighted by atomic mass is 35.5. The van der Waals surface area contributed by atoms with Crippen molar-refractivity contribution >= 4 is 29.1 Å². The van der Waals surface area contributed by atoms with Gasteiger partial charge in [0, 0.05) is 35.7 Å². The molecule has 136 valence electrons. The van der Waals surface area contributed by atoms with Gasteiger partial charge in [0.15, 0.2) is 0 Å². The minimum absolute atomic E-state index is 0.0507. The fourth-order valence-corrected chi connectivity index (χ4v) is 3.40. The van der Waals surface area contributed by atoms with Gasteiger partial charge < -0.3 is 10.2 Å². The van der Waals surface area contributed by atoms with Crippen LogP contribution >= 0.6 is 11.6 Å². The van der Waals surface area contributed by atoms with Gasteiger partial charge in [0.05, 0.1) is 11.1 Å². The summed E-state index contributed by atoms with van der Waals surface area (Å²) in [5.74, 6) is -0.356. The maximum Gasteiger partial charge on any atom is 0.257 e. The third-order valence-corrected chi connectivity index (χ3v) is 4.96. The van der Waals surface area contributed by atoms with Gasteiger partial charge in [-0.1, -0.05) is 18.5 Å². The van der Waals surface area contributed by atoms with E-state index < -0.39 is 0 Å². The molecule has 26 heavy (non-hydrogen) atoms. The fourth-order valence-electron chi connectivity index (χ4n) is 3.28. The Morgan fingerprint density at radius 2 is 1.92 bits per heavy atom. The van der Waals surface area contributed by atoms with Gasteiger partial charge in [0.1, 0.15) is 0 Å². The average Bonchev–Trinajstić information content (AvgIpc) is 2.69. The Morgan fingerprint density at radius 3 is 2.65 bits per heavy atom. The van der Waals surface area contributed by atoms with E-state index >= 15 is 0 Å². The number of piperidine rings is 1. The molecular formula is C20H22ClN3O2. The number of nitrogens with one attached hydrogen (secondary N) is 1. The molecule has 6 heteroatoms. The maximum absolute atomic E-state index is 12.9. The van der Waals surface area contributed by atoms with Crippen molar-refractivity contribution in [3.63, 3.8) is 0 Å². The zero-order valence-electron chi connectivity index (χ0n) is 14.7. The Hall–Kier alpha value is -2.40. The molecule has 2 heterocycles. The molecule has 0 bridgehead atoms. The van der Waals surface area contributed by atoms with E-state index in [-0.39, 0.29) is 17.9 Å². The summed E-state index contributed by atoms with van der Waals surface area (Å²) < 4.78 is 0. The predicted octanol–water partition coefficient (Wildman–Crippen LogP) is 4.39. The number of benzene rings is 1. The second-order valence-electron chi connectivity index (χ2n) is 6.48. The van der Waals surface area contributed by atoms with Crippen molar-refractivity contribution in [3.05, 3.63) is 58.9 Å². The number of hydrogen-bond donors (Lipinski definition) is 1. The normalized spacial score (nSPS) is 17.0. The first-order chi connectivity index (χ1) is 12.6. The molecule has 0 spiro atoms. The summed E-state index contributed by atoms with van der Waals surface area (Å²) in [6.45, 7) is 2.86. The number of amides is 2. The summed E-state index contributed by atoms with van der Waals surface area (Å²) in [5.41, 5.74) is 1.45. The number of nitrogens with zero attached hydrogens (tertiary/aromatic N) is 2. The molecule has 1 atom stereocenters. The Labute approximate surface area is 158 Å². The van der Waals surface area contributed by atoms with E-state index in [1.807, 2.05) is 4.90 Å². The highest BCUT2D eigenvalue weighted by Gasteiger charge is 2.26. The van der Waals surface area contributed by atoms with Crippen LogP contribution in [0.1, 0.15) is 53.3 Å². The molecule has 1 unspecified atom stereocenters. The molecular weight excluding hydrogens is 350 g/mol. The first kappa shape index (κ1) is 18.4. The van der Waals surface area contributed by atoms with Crippen LogP contribution in [0.4, 0.5) is 5.69 Å². The molecule has 1 N–H and O–H groups in total. The zero-order chi connectivity index (χ0) is 18.5. The first-order valence-corrected chi connectivity index (χ1v) is 9.29. The third-order valence-electron chi connectivity index (χ3n) is 4.71. The number of carbonyl (C=O) groups excluding carboxylic acids is 2. The van der Waals surface area contributed by atoms with Gasteiger partial charge in [-0.3, -0.25) is 14.6 Å². The van der Waals surface area contributed by atoms with Crippen molar-refractivity contribution in [2.24, 2.45) is 0 Å². The van der Waals surface area contributed by atoms with Crippen LogP contribution in [0, 0.1) is 0 Å². The van der Waals surface area contributed by atoms with Crippen LogP contribution in [0.5, 0.6) is 0 Å². The Morgan fingerprint density at radius 1 is 1.19 bits per heavy atom. The summed E-state index contributed by atoms with van der Waals surface area (Å²) in [4.78, 5) is 31.4. The Kier molecular flexibility index (Phi) is 5.89. The van der Waals surface area contributed by atoms with Gasteiger partial charge >= 0.3 is 0 Å². The van der Waals surface area contributed by atoms with Crippen LogP contribution in [-0.4, -0.2) is 34.3 Å². The lowest BCUT2D eigenvalue weighted by Crippen LogP contribution is -2.43. The van der Waals surface area contributed by atoms with Crippen LogP contribution in [0.3, 0.4) is 0 Å². The molecule has 1 aliphatic rings. The van der Waals surface area contributed by atoms with Gasteiger partial charge in [0.25, 0.3) is 11.8 Å². The lowest BCUT2D eigenvalue weighted by molar-refractivity contribution is 0.0607. The molecule has 1 aliphatic heterocycles. The number of anilines is 1. The minimum Gasteiger partial charge on any atom is -0.336 e. The van der Waals surface area contributed by atoms with E-state index in [9.17, 15) is 9.59 Å². The maximum atomic E-state index is 12.9. The van der Waals surface area contributed by atoms with Crippen LogP contribution in [0.15, 0.2) is 42.7 Å². The highest BCUT2D eigenvalue weighted by Crippen LogP contribution is 2.22. The van der Waals surface area contributed by atoms with Crippen molar-refractivity contribution in [1.82, 2.24) is 9.88 Å². The number of likely N-dealkylation sites (tertiary alicyclic amines) is 1. The van der Waals surface area contributed by atoms with Crippen LogP contribution in [0.25, 0.3) is 0 Å². The number of halogens is 1. The van der Waals surface area contributed by atoms with E-state index in [4.69, 9.17) is 11.6 Å². The lowest BCUT2D eigenvalue weighted by atomic mass is 9.99. The Bertz CT molecular complexity index is 792. The van der Waals surface area contributed by atoms with E-state index in [0.29, 0.717) is 21.8 Å². The fraction of sp³-hybridized carbons (Fsp3) is 0.350. The van der Waals surface area contributed by atoms with Crippen molar-refractivity contribution in [2.45, 2.75) is 38.6 Å². The standard InChI is InChI=1S/C20H22ClN3O2/c1-2-18-5-3-4-10-24(18)20(26)15-11-14(12-22-13-15)19(25)23-17-8-6-16(21)7-9-17/h6-9,11-13,18H,2-5,10H2,1H3,(H,23,25). The molecule has 0 radical (unpaired) electrons.